The molecular weight excluding hydrogens is 294 g/mol. The van der Waals surface area contributed by atoms with Gasteiger partial charge < -0.3 is 5.32 Å². The lowest BCUT2D eigenvalue weighted by Crippen LogP contribution is -2.21. The Labute approximate surface area is 115 Å². The van der Waals surface area contributed by atoms with Crippen molar-refractivity contribution in [3.8, 4) is 0 Å². The smallest absolute Gasteiger partial charge is 0.0673 e. The van der Waals surface area contributed by atoms with E-state index < -0.39 is 0 Å². The summed E-state index contributed by atoms with van der Waals surface area (Å²) in [6, 6.07) is 11.1. The van der Waals surface area contributed by atoms with Crippen LogP contribution in [-0.2, 0) is 0 Å². The van der Waals surface area contributed by atoms with Crippen LogP contribution in [0, 0.1) is 6.92 Å². The summed E-state index contributed by atoms with van der Waals surface area (Å²) in [5.41, 5.74) is 2.68. The van der Waals surface area contributed by atoms with Crippen molar-refractivity contribution in [2.24, 2.45) is 0 Å². The first kappa shape index (κ1) is 12.8. The molecule has 1 atom stereocenters. The SMILES string of the molecule is CCNC(c1cccs1)c1cc(Br)ccc1C. The largest absolute Gasteiger partial charge is 0.306 e. The monoisotopic (exact) mass is 309 g/mol. The number of nitrogens with one attached hydrogen (secondary N) is 1. The predicted octanol–water partition coefficient (Wildman–Crippen LogP) is 4.52. The van der Waals surface area contributed by atoms with E-state index in [1.165, 1.54) is 16.0 Å². The third-order valence-electron chi connectivity index (χ3n) is 2.79. The number of halogens is 1. The van der Waals surface area contributed by atoms with E-state index in [-0.39, 0.29) is 0 Å². The number of hydrogen-bond donors (Lipinski definition) is 1. The lowest BCUT2D eigenvalue weighted by Gasteiger charge is -2.19. The van der Waals surface area contributed by atoms with E-state index in [9.17, 15) is 0 Å². The Bertz CT molecular complexity index is 479. The van der Waals surface area contributed by atoms with Gasteiger partial charge in [-0.25, -0.2) is 0 Å². The van der Waals surface area contributed by atoms with E-state index in [2.05, 4.69) is 70.8 Å². The molecule has 2 rings (SSSR count). The van der Waals surface area contributed by atoms with Crippen molar-refractivity contribution >= 4 is 27.3 Å². The summed E-state index contributed by atoms with van der Waals surface area (Å²) in [6.07, 6.45) is 0. The number of thiophene rings is 1. The zero-order valence-electron chi connectivity index (χ0n) is 10.0. The molecule has 2 aromatic rings. The third kappa shape index (κ3) is 2.97. The van der Waals surface area contributed by atoms with E-state index in [1.807, 2.05) is 0 Å². The van der Waals surface area contributed by atoms with E-state index in [4.69, 9.17) is 0 Å². The standard InChI is InChI=1S/C14H16BrNS/c1-3-16-14(13-5-4-8-17-13)12-9-11(15)7-6-10(12)2/h4-9,14,16H,3H2,1-2H3. The fraction of sp³-hybridized carbons (Fsp3) is 0.286. The summed E-state index contributed by atoms with van der Waals surface area (Å²) >= 11 is 5.36. The van der Waals surface area contributed by atoms with Gasteiger partial charge in [0, 0.05) is 9.35 Å². The van der Waals surface area contributed by atoms with Gasteiger partial charge in [0.05, 0.1) is 6.04 Å². The number of hydrogen-bond acceptors (Lipinski definition) is 2. The molecule has 17 heavy (non-hydrogen) atoms. The van der Waals surface area contributed by atoms with Gasteiger partial charge in [-0.2, -0.15) is 0 Å². The van der Waals surface area contributed by atoms with E-state index in [0.717, 1.165) is 11.0 Å². The van der Waals surface area contributed by atoms with E-state index in [1.54, 1.807) is 11.3 Å². The normalized spacial score (nSPS) is 12.6. The molecule has 1 unspecified atom stereocenters. The van der Waals surface area contributed by atoms with E-state index in [0.29, 0.717) is 6.04 Å². The van der Waals surface area contributed by atoms with Crippen LogP contribution < -0.4 is 5.32 Å². The zero-order valence-corrected chi connectivity index (χ0v) is 12.4. The van der Waals surface area contributed by atoms with Crippen molar-refractivity contribution in [2.45, 2.75) is 19.9 Å². The van der Waals surface area contributed by atoms with Crippen LogP contribution in [0.15, 0.2) is 40.2 Å². The molecule has 0 aliphatic carbocycles. The highest BCUT2D eigenvalue weighted by atomic mass is 79.9. The summed E-state index contributed by atoms with van der Waals surface area (Å²) in [5.74, 6) is 0. The lowest BCUT2D eigenvalue weighted by atomic mass is 10.00. The average molecular weight is 310 g/mol. The first-order valence-corrected chi connectivity index (χ1v) is 7.42. The Morgan fingerprint density at radius 1 is 1.35 bits per heavy atom. The Balaban J connectivity index is 2.42. The van der Waals surface area contributed by atoms with Crippen molar-refractivity contribution in [3.63, 3.8) is 0 Å². The van der Waals surface area contributed by atoms with Crippen molar-refractivity contribution in [2.75, 3.05) is 6.54 Å². The molecule has 0 fully saturated rings. The molecule has 0 amide bonds. The van der Waals surface area contributed by atoms with Crippen LogP contribution in [-0.4, -0.2) is 6.54 Å². The third-order valence-corrected chi connectivity index (χ3v) is 4.22. The summed E-state index contributed by atoms with van der Waals surface area (Å²) in [7, 11) is 0. The van der Waals surface area contributed by atoms with Crippen LogP contribution in [0.3, 0.4) is 0 Å². The van der Waals surface area contributed by atoms with Gasteiger partial charge in [-0.1, -0.05) is 35.0 Å². The van der Waals surface area contributed by atoms with Crippen molar-refractivity contribution in [1.29, 1.82) is 0 Å². The highest BCUT2D eigenvalue weighted by Crippen LogP contribution is 2.30. The summed E-state index contributed by atoms with van der Waals surface area (Å²) in [4.78, 5) is 1.37. The Kier molecular flexibility index (Phi) is 4.37. The molecule has 0 saturated heterocycles. The van der Waals surface area contributed by atoms with Gasteiger partial charge >= 0.3 is 0 Å². The Morgan fingerprint density at radius 2 is 2.18 bits per heavy atom. The summed E-state index contributed by atoms with van der Waals surface area (Å²) < 4.78 is 1.14. The molecule has 0 spiro atoms. The van der Waals surface area contributed by atoms with Gasteiger partial charge in [0.15, 0.2) is 0 Å². The quantitative estimate of drug-likeness (QED) is 0.875. The fourth-order valence-corrected chi connectivity index (χ4v) is 3.14. The van der Waals surface area contributed by atoms with Crippen molar-refractivity contribution < 1.29 is 0 Å². The highest BCUT2D eigenvalue weighted by molar-refractivity contribution is 9.10. The van der Waals surface area contributed by atoms with Crippen LogP contribution in [0.2, 0.25) is 0 Å². The molecule has 0 aliphatic rings. The predicted molar refractivity (Wildman–Crippen MR) is 78.7 cm³/mol. The molecular formula is C14H16BrNS. The fourth-order valence-electron chi connectivity index (χ4n) is 1.95. The first-order valence-electron chi connectivity index (χ1n) is 5.75. The maximum absolute atomic E-state index is 3.56. The minimum atomic E-state index is 0.303. The summed E-state index contributed by atoms with van der Waals surface area (Å²) in [5, 5.41) is 5.69. The molecule has 0 aliphatic heterocycles. The molecule has 3 heteroatoms. The van der Waals surface area contributed by atoms with Gasteiger partial charge in [0.2, 0.25) is 0 Å². The van der Waals surface area contributed by atoms with Gasteiger partial charge in [-0.05, 0) is 48.2 Å². The molecule has 1 aromatic heterocycles. The van der Waals surface area contributed by atoms with Gasteiger partial charge in [-0.15, -0.1) is 11.3 Å². The number of rotatable bonds is 4. The number of benzene rings is 1. The second-order valence-electron chi connectivity index (χ2n) is 4.01. The maximum atomic E-state index is 3.56. The Hall–Kier alpha value is -0.640. The lowest BCUT2D eigenvalue weighted by molar-refractivity contribution is 0.636. The van der Waals surface area contributed by atoms with Gasteiger partial charge in [-0.3, -0.25) is 0 Å². The topological polar surface area (TPSA) is 12.0 Å². The van der Waals surface area contributed by atoms with E-state index >= 15 is 0 Å². The highest BCUT2D eigenvalue weighted by Gasteiger charge is 2.16. The average Bonchev–Trinajstić information content (AvgIpc) is 2.83. The minimum Gasteiger partial charge on any atom is -0.306 e. The molecule has 0 bridgehead atoms. The molecule has 1 aromatic carbocycles. The second kappa shape index (κ2) is 5.80. The van der Waals surface area contributed by atoms with Gasteiger partial charge in [0.25, 0.3) is 0 Å². The second-order valence-corrected chi connectivity index (χ2v) is 5.90. The van der Waals surface area contributed by atoms with Crippen LogP contribution in [0.25, 0.3) is 0 Å². The molecule has 1 heterocycles. The zero-order chi connectivity index (χ0) is 12.3. The van der Waals surface area contributed by atoms with Crippen molar-refractivity contribution in [3.05, 3.63) is 56.2 Å². The van der Waals surface area contributed by atoms with Crippen LogP contribution >= 0.6 is 27.3 Å². The molecule has 0 radical (unpaired) electrons. The van der Waals surface area contributed by atoms with Crippen LogP contribution in [0.1, 0.15) is 29.0 Å². The van der Waals surface area contributed by atoms with Crippen LogP contribution in [0.5, 0.6) is 0 Å². The molecule has 1 nitrogen and oxygen atoms in total. The molecule has 1 N–H and O–H groups in total. The number of aryl methyl sites for hydroxylation is 1. The maximum Gasteiger partial charge on any atom is 0.0673 e. The minimum absolute atomic E-state index is 0.303. The van der Waals surface area contributed by atoms with Crippen molar-refractivity contribution in [1.82, 2.24) is 5.32 Å². The van der Waals surface area contributed by atoms with Crippen LogP contribution in [0.4, 0.5) is 0 Å². The summed E-state index contributed by atoms with van der Waals surface area (Å²) in [6.45, 7) is 5.28. The van der Waals surface area contributed by atoms with Gasteiger partial charge in [0.1, 0.15) is 0 Å². The first-order chi connectivity index (χ1) is 8.22. The Morgan fingerprint density at radius 3 is 2.82 bits per heavy atom. The molecule has 0 saturated carbocycles. The molecule has 90 valence electrons.